The Morgan fingerprint density at radius 2 is 1.63 bits per heavy atom. The van der Waals surface area contributed by atoms with Gasteiger partial charge in [0, 0.05) is 18.7 Å². The molecule has 0 N–H and O–H groups in total. The van der Waals surface area contributed by atoms with Gasteiger partial charge in [-0.3, -0.25) is 4.99 Å². The van der Waals surface area contributed by atoms with E-state index >= 15 is 0 Å². The van der Waals surface area contributed by atoms with Crippen LogP contribution in [-0.4, -0.2) is 12.8 Å². The lowest BCUT2D eigenvalue weighted by Gasteiger charge is -2.42. The topological polar surface area (TPSA) is 12.4 Å². The molecule has 0 spiro atoms. The molecule has 110 valence electrons. The summed E-state index contributed by atoms with van der Waals surface area (Å²) >= 11 is 0. The molecule has 0 aromatic carbocycles. The third-order valence-electron chi connectivity index (χ3n) is 5.97. The van der Waals surface area contributed by atoms with E-state index in [2.05, 4.69) is 27.8 Å². The molecule has 0 heterocycles. The number of hydrogen-bond donors (Lipinski definition) is 0. The van der Waals surface area contributed by atoms with Crippen LogP contribution in [0.2, 0.25) is 0 Å². The second kappa shape index (κ2) is 6.90. The molecular weight excluding hydrogens is 230 g/mol. The molecule has 0 saturated heterocycles. The van der Waals surface area contributed by atoms with E-state index in [0.29, 0.717) is 0 Å². The largest absolute Gasteiger partial charge is 0.297 e. The maximum Gasteiger partial charge on any atom is 0.0276 e. The van der Waals surface area contributed by atoms with Gasteiger partial charge in [0.15, 0.2) is 0 Å². The number of hydrogen-bond acceptors (Lipinski definition) is 1. The van der Waals surface area contributed by atoms with E-state index in [1.54, 1.807) is 5.71 Å². The van der Waals surface area contributed by atoms with Gasteiger partial charge in [-0.2, -0.15) is 0 Å². The molecule has 2 aliphatic carbocycles. The minimum Gasteiger partial charge on any atom is -0.297 e. The summed E-state index contributed by atoms with van der Waals surface area (Å²) in [6.07, 6.45) is 11.3. The van der Waals surface area contributed by atoms with E-state index in [4.69, 9.17) is 4.99 Å². The molecule has 0 radical (unpaired) electrons. The van der Waals surface area contributed by atoms with Crippen molar-refractivity contribution in [2.24, 2.45) is 34.6 Å². The quantitative estimate of drug-likeness (QED) is 0.609. The minimum atomic E-state index is 0.786. The van der Waals surface area contributed by atoms with Crippen molar-refractivity contribution >= 4 is 5.71 Å². The van der Waals surface area contributed by atoms with Crippen molar-refractivity contribution in [2.45, 2.75) is 72.1 Å². The Kier molecular flexibility index (Phi) is 5.47. The molecule has 0 amide bonds. The predicted molar refractivity (Wildman–Crippen MR) is 84.8 cm³/mol. The Morgan fingerprint density at radius 3 is 2.26 bits per heavy atom. The zero-order chi connectivity index (χ0) is 13.8. The van der Waals surface area contributed by atoms with Crippen LogP contribution >= 0.6 is 0 Å². The molecule has 0 aliphatic heterocycles. The average Bonchev–Trinajstić information content (AvgIpc) is 2.43. The smallest absolute Gasteiger partial charge is 0.0276 e. The summed E-state index contributed by atoms with van der Waals surface area (Å²) in [4.78, 5) is 4.85. The second-order valence-corrected chi connectivity index (χ2v) is 7.12. The monoisotopic (exact) mass is 263 g/mol. The molecule has 0 aromatic rings. The molecule has 19 heavy (non-hydrogen) atoms. The second-order valence-electron chi connectivity index (χ2n) is 7.12. The summed E-state index contributed by atoms with van der Waals surface area (Å²) in [5.41, 5.74) is 1.60. The van der Waals surface area contributed by atoms with Crippen LogP contribution in [0.4, 0.5) is 0 Å². The van der Waals surface area contributed by atoms with Gasteiger partial charge in [-0.1, -0.05) is 59.3 Å². The predicted octanol–water partition coefficient (Wildman–Crippen LogP) is 5.35. The molecule has 5 atom stereocenters. The van der Waals surface area contributed by atoms with Gasteiger partial charge >= 0.3 is 0 Å². The molecular formula is C18H33N. The number of aliphatic imine (C=N–C) groups is 1. The fourth-order valence-corrected chi connectivity index (χ4v) is 4.83. The summed E-state index contributed by atoms with van der Waals surface area (Å²) in [7, 11) is 2.06. The first-order valence-electron chi connectivity index (χ1n) is 8.65. The van der Waals surface area contributed by atoms with Gasteiger partial charge in [-0.25, -0.2) is 0 Å². The van der Waals surface area contributed by atoms with E-state index < -0.39 is 0 Å². The van der Waals surface area contributed by atoms with Crippen LogP contribution in [0.5, 0.6) is 0 Å². The molecule has 5 unspecified atom stereocenters. The minimum absolute atomic E-state index is 0.786. The van der Waals surface area contributed by atoms with Crippen LogP contribution < -0.4 is 0 Å². The van der Waals surface area contributed by atoms with E-state index in [-0.39, 0.29) is 0 Å². The van der Waals surface area contributed by atoms with Crippen LogP contribution in [0.3, 0.4) is 0 Å². The standard InChI is InChI=1S/C18H33N/c1-5-15-11-8-10-14(3)17(15)18(19-4)16-12-7-6-9-13(16)2/h13-17H,5-12H2,1-4H3/b19-18+. The summed E-state index contributed by atoms with van der Waals surface area (Å²) in [6.45, 7) is 7.32. The van der Waals surface area contributed by atoms with E-state index in [1.807, 2.05) is 0 Å². The van der Waals surface area contributed by atoms with Gasteiger partial charge in [0.05, 0.1) is 0 Å². The van der Waals surface area contributed by atoms with Crippen molar-refractivity contribution in [3.63, 3.8) is 0 Å². The van der Waals surface area contributed by atoms with Crippen molar-refractivity contribution in [3.8, 4) is 0 Å². The first-order valence-corrected chi connectivity index (χ1v) is 8.65. The van der Waals surface area contributed by atoms with E-state index in [0.717, 1.165) is 29.6 Å². The highest BCUT2D eigenvalue weighted by Crippen LogP contribution is 2.42. The van der Waals surface area contributed by atoms with E-state index in [1.165, 1.54) is 51.4 Å². The highest BCUT2D eigenvalue weighted by Gasteiger charge is 2.38. The lowest BCUT2D eigenvalue weighted by molar-refractivity contribution is 0.203. The van der Waals surface area contributed by atoms with Crippen molar-refractivity contribution in [2.75, 3.05) is 7.05 Å². The van der Waals surface area contributed by atoms with Gasteiger partial charge in [-0.15, -0.1) is 0 Å². The van der Waals surface area contributed by atoms with Gasteiger partial charge in [0.25, 0.3) is 0 Å². The molecule has 2 rings (SSSR count). The van der Waals surface area contributed by atoms with Crippen LogP contribution in [0.15, 0.2) is 4.99 Å². The van der Waals surface area contributed by atoms with Gasteiger partial charge in [0.1, 0.15) is 0 Å². The van der Waals surface area contributed by atoms with Crippen molar-refractivity contribution in [1.29, 1.82) is 0 Å². The SMILES string of the molecule is CCC1CCCC(C)C1/C(=N/C)C1CCCCC1C. The molecule has 0 bridgehead atoms. The van der Waals surface area contributed by atoms with Crippen LogP contribution in [0.25, 0.3) is 0 Å². The molecule has 2 saturated carbocycles. The summed E-state index contributed by atoms with van der Waals surface area (Å²) < 4.78 is 0. The summed E-state index contributed by atoms with van der Waals surface area (Å²) in [5, 5.41) is 0. The van der Waals surface area contributed by atoms with Crippen LogP contribution in [-0.2, 0) is 0 Å². The highest BCUT2D eigenvalue weighted by molar-refractivity contribution is 5.89. The fraction of sp³-hybridized carbons (Fsp3) is 0.944. The Labute approximate surface area is 120 Å². The molecule has 0 aromatic heterocycles. The van der Waals surface area contributed by atoms with Crippen molar-refractivity contribution in [3.05, 3.63) is 0 Å². The zero-order valence-corrected chi connectivity index (χ0v) is 13.5. The molecule has 1 heteroatoms. The zero-order valence-electron chi connectivity index (χ0n) is 13.5. The van der Waals surface area contributed by atoms with Crippen LogP contribution in [0, 0.1) is 29.6 Å². The Bertz CT molecular complexity index is 307. The number of nitrogens with zero attached hydrogens (tertiary/aromatic N) is 1. The number of rotatable bonds is 3. The molecule has 2 aliphatic rings. The maximum atomic E-state index is 4.85. The summed E-state index contributed by atoms with van der Waals surface area (Å²) in [6, 6.07) is 0. The normalized spacial score (nSPS) is 41.3. The lowest BCUT2D eigenvalue weighted by Crippen LogP contribution is -2.39. The van der Waals surface area contributed by atoms with Gasteiger partial charge < -0.3 is 0 Å². The lowest BCUT2D eigenvalue weighted by atomic mass is 9.64. The Morgan fingerprint density at radius 1 is 0.947 bits per heavy atom. The van der Waals surface area contributed by atoms with Crippen LogP contribution in [0.1, 0.15) is 72.1 Å². The van der Waals surface area contributed by atoms with Crippen molar-refractivity contribution < 1.29 is 0 Å². The third-order valence-corrected chi connectivity index (χ3v) is 5.97. The molecule has 1 nitrogen and oxygen atoms in total. The Hall–Kier alpha value is -0.330. The first-order chi connectivity index (χ1) is 9.19. The third kappa shape index (κ3) is 3.23. The molecule has 2 fully saturated rings. The Balaban J connectivity index is 2.18. The fourth-order valence-electron chi connectivity index (χ4n) is 4.83. The maximum absolute atomic E-state index is 4.85. The van der Waals surface area contributed by atoms with Crippen molar-refractivity contribution in [1.82, 2.24) is 0 Å². The van der Waals surface area contributed by atoms with E-state index in [9.17, 15) is 0 Å². The average molecular weight is 263 g/mol. The highest BCUT2D eigenvalue weighted by atomic mass is 14.7. The first kappa shape index (κ1) is 15.1. The van der Waals surface area contributed by atoms with Gasteiger partial charge in [0.2, 0.25) is 0 Å². The van der Waals surface area contributed by atoms with Gasteiger partial charge in [-0.05, 0) is 36.5 Å². The summed E-state index contributed by atoms with van der Waals surface area (Å²) in [5.74, 6) is 4.19.